The molecule has 4 rings (SSSR count). The van der Waals surface area contributed by atoms with Crippen molar-refractivity contribution in [1.82, 2.24) is 30.3 Å². The number of nitrogens with zero attached hydrogens (tertiary/aromatic N) is 5. The van der Waals surface area contributed by atoms with Gasteiger partial charge in [-0.3, -0.25) is 14.8 Å². The number of aryl methyl sites for hydroxylation is 1. The van der Waals surface area contributed by atoms with Crippen molar-refractivity contribution >= 4 is 5.91 Å². The molecule has 1 N–H and O–H groups in total. The Bertz CT molecular complexity index is 1210. The van der Waals surface area contributed by atoms with E-state index in [1.807, 2.05) is 25.1 Å². The van der Waals surface area contributed by atoms with E-state index in [0.717, 1.165) is 22.5 Å². The highest BCUT2D eigenvalue weighted by Gasteiger charge is 2.17. The van der Waals surface area contributed by atoms with E-state index in [4.69, 9.17) is 0 Å². The molecule has 32 heavy (non-hydrogen) atoms. The first-order chi connectivity index (χ1) is 15.4. The number of carbonyl (C=O) groups is 1. The van der Waals surface area contributed by atoms with E-state index >= 15 is 0 Å². The summed E-state index contributed by atoms with van der Waals surface area (Å²) in [6.45, 7) is 8.13. The van der Waals surface area contributed by atoms with Crippen LogP contribution in [0.25, 0.3) is 16.8 Å². The average Bonchev–Trinajstić information content (AvgIpc) is 3.30. The van der Waals surface area contributed by atoms with E-state index in [9.17, 15) is 4.79 Å². The van der Waals surface area contributed by atoms with Crippen LogP contribution >= 0.6 is 0 Å². The van der Waals surface area contributed by atoms with Crippen LogP contribution in [0.5, 0.6) is 0 Å². The lowest BCUT2D eigenvalue weighted by atomic mass is 10.00. The molecule has 162 valence electrons. The fourth-order valence-electron chi connectivity index (χ4n) is 3.50. The highest BCUT2D eigenvalue weighted by Crippen LogP contribution is 2.27. The largest absolute Gasteiger partial charge is 0.344 e. The third-order valence-electron chi connectivity index (χ3n) is 5.35. The summed E-state index contributed by atoms with van der Waals surface area (Å²) in [4.78, 5) is 21.6. The molecule has 0 radical (unpaired) electrons. The molecule has 0 fully saturated rings. The molecule has 2 aromatic carbocycles. The SMILES string of the molecule is Cc1ccc(-c2cc(C(=O)NC(C)c3cnccn3)cc(-n3nncc3C(C)C)c2)cc1. The zero-order valence-corrected chi connectivity index (χ0v) is 18.6. The highest BCUT2D eigenvalue weighted by atomic mass is 16.1. The molecule has 1 atom stereocenters. The summed E-state index contributed by atoms with van der Waals surface area (Å²) in [7, 11) is 0. The summed E-state index contributed by atoms with van der Waals surface area (Å²) in [5, 5.41) is 11.4. The van der Waals surface area contributed by atoms with Crippen molar-refractivity contribution in [1.29, 1.82) is 0 Å². The third-order valence-corrected chi connectivity index (χ3v) is 5.35. The summed E-state index contributed by atoms with van der Waals surface area (Å²) in [5.74, 6) is 0.0477. The summed E-state index contributed by atoms with van der Waals surface area (Å²) < 4.78 is 1.80. The topological polar surface area (TPSA) is 85.6 Å². The molecule has 0 bridgehead atoms. The molecule has 0 spiro atoms. The second-order valence-electron chi connectivity index (χ2n) is 8.19. The molecule has 0 saturated heterocycles. The lowest BCUT2D eigenvalue weighted by molar-refractivity contribution is 0.0939. The van der Waals surface area contributed by atoms with Crippen molar-refractivity contribution in [2.45, 2.75) is 39.7 Å². The van der Waals surface area contributed by atoms with E-state index < -0.39 is 0 Å². The highest BCUT2D eigenvalue weighted by molar-refractivity contribution is 5.96. The van der Waals surface area contributed by atoms with Gasteiger partial charge in [-0.2, -0.15) is 0 Å². The first-order valence-corrected chi connectivity index (χ1v) is 10.6. The maximum Gasteiger partial charge on any atom is 0.251 e. The summed E-state index contributed by atoms with van der Waals surface area (Å²) >= 11 is 0. The van der Waals surface area contributed by atoms with Gasteiger partial charge in [0.25, 0.3) is 5.91 Å². The van der Waals surface area contributed by atoms with Crippen LogP contribution < -0.4 is 5.32 Å². The second kappa shape index (κ2) is 9.09. The van der Waals surface area contributed by atoms with Crippen molar-refractivity contribution in [3.63, 3.8) is 0 Å². The fraction of sp³-hybridized carbons (Fsp3) is 0.240. The van der Waals surface area contributed by atoms with Crippen LogP contribution in [0.15, 0.2) is 67.3 Å². The van der Waals surface area contributed by atoms with Crippen LogP contribution in [0.4, 0.5) is 0 Å². The number of carbonyl (C=O) groups excluding carboxylic acids is 1. The molecule has 2 heterocycles. The Hall–Kier alpha value is -3.87. The summed E-state index contributed by atoms with van der Waals surface area (Å²) in [6, 6.07) is 13.7. The Labute approximate surface area is 187 Å². The zero-order valence-electron chi connectivity index (χ0n) is 18.6. The number of rotatable bonds is 6. The minimum Gasteiger partial charge on any atom is -0.344 e. The smallest absolute Gasteiger partial charge is 0.251 e. The van der Waals surface area contributed by atoms with Gasteiger partial charge in [-0.1, -0.05) is 48.9 Å². The molecule has 2 aromatic heterocycles. The van der Waals surface area contributed by atoms with E-state index in [0.29, 0.717) is 11.3 Å². The van der Waals surface area contributed by atoms with Crippen molar-refractivity contribution in [3.8, 4) is 16.8 Å². The van der Waals surface area contributed by atoms with Gasteiger partial charge < -0.3 is 5.32 Å². The number of hydrogen-bond donors (Lipinski definition) is 1. The van der Waals surface area contributed by atoms with Crippen LogP contribution in [0.3, 0.4) is 0 Å². The Morgan fingerprint density at radius 1 is 0.969 bits per heavy atom. The van der Waals surface area contributed by atoms with E-state index in [-0.39, 0.29) is 17.9 Å². The molecule has 0 saturated carbocycles. The predicted octanol–water partition coefficient (Wildman–Crippen LogP) is 4.65. The molecule has 1 amide bonds. The number of amides is 1. The lowest BCUT2D eigenvalue weighted by Crippen LogP contribution is -2.27. The number of aromatic nitrogens is 5. The summed E-state index contributed by atoms with van der Waals surface area (Å²) in [5.41, 5.74) is 6.16. The second-order valence-corrected chi connectivity index (χ2v) is 8.19. The molecule has 7 nitrogen and oxygen atoms in total. The van der Waals surface area contributed by atoms with E-state index in [2.05, 4.69) is 70.6 Å². The normalized spacial score (nSPS) is 12.0. The lowest BCUT2D eigenvalue weighted by Gasteiger charge is -2.16. The van der Waals surface area contributed by atoms with Crippen LogP contribution in [0.2, 0.25) is 0 Å². The van der Waals surface area contributed by atoms with Gasteiger partial charge in [0, 0.05) is 18.0 Å². The van der Waals surface area contributed by atoms with Gasteiger partial charge in [-0.15, -0.1) is 5.10 Å². The van der Waals surface area contributed by atoms with Crippen LogP contribution in [-0.4, -0.2) is 30.9 Å². The quantitative estimate of drug-likeness (QED) is 0.485. The Morgan fingerprint density at radius 3 is 2.44 bits per heavy atom. The van der Waals surface area contributed by atoms with Crippen molar-refractivity contribution in [3.05, 3.63) is 89.8 Å². The standard InChI is InChI=1S/C25H26N6O/c1-16(2)24-15-28-30-31(24)22-12-20(19-7-5-17(3)6-8-19)11-21(13-22)25(32)29-18(4)23-14-26-9-10-27-23/h5-16,18H,1-4H3,(H,29,32). The number of nitrogens with one attached hydrogen (secondary N) is 1. The first kappa shape index (κ1) is 21.4. The zero-order chi connectivity index (χ0) is 22.7. The van der Waals surface area contributed by atoms with E-state index in [1.54, 1.807) is 29.5 Å². The average molecular weight is 427 g/mol. The van der Waals surface area contributed by atoms with Crippen LogP contribution in [0.1, 0.15) is 60.0 Å². The van der Waals surface area contributed by atoms with Gasteiger partial charge in [0.15, 0.2) is 0 Å². The van der Waals surface area contributed by atoms with Gasteiger partial charge in [0.05, 0.1) is 35.5 Å². The molecular formula is C25H26N6O. The van der Waals surface area contributed by atoms with Gasteiger partial charge in [-0.05, 0) is 49.1 Å². The van der Waals surface area contributed by atoms with Crippen molar-refractivity contribution in [2.24, 2.45) is 0 Å². The minimum atomic E-state index is -0.278. The molecule has 1 unspecified atom stereocenters. The van der Waals surface area contributed by atoms with Gasteiger partial charge in [-0.25, -0.2) is 4.68 Å². The van der Waals surface area contributed by atoms with Crippen LogP contribution in [0, 0.1) is 6.92 Å². The molecule has 0 aliphatic heterocycles. The van der Waals surface area contributed by atoms with E-state index in [1.165, 1.54) is 5.56 Å². The van der Waals surface area contributed by atoms with Gasteiger partial charge in [0.1, 0.15) is 0 Å². The third kappa shape index (κ3) is 4.56. The number of benzene rings is 2. The maximum absolute atomic E-state index is 13.2. The van der Waals surface area contributed by atoms with Crippen molar-refractivity contribution < 1.29 is 4.79 Å². The van der Waals surface area contributed by atoms with Gasteiger partial charge in [0.2, 0.25) is 0 Å². The monoisotopic (exact) mass is 426 g/mol. The minimum absolute atomic E-state index is 0.190. The molecule has 0 aliphatic carbocycles. The molecule has 0 aliphatic rings. The Balaban J connectivity index is 1.75. The predicted molar refractivity (Wildman–Crippen MR) is 124 cm³/mol. The Kier molecular flexibility index (Phi) is 6.07. The Morgan fingerprint density at radius 2 is 1.75 bits per heavy atom. The molecule has 4 aromatic rings. The first-order valence-electron chi connectivity index (χ1n) is 10.6. The van der Waals surface area contributed by atoms with Crippen molar-refractivity contribution in [2.75, 3.05) is 0 Å². The molecule has 7 heteroatoms. The number of hydrogen-bond acceptors (Lipinski definition) is 5. The maximum atomic E-state index is 13.2. The van der Waals surface area contributed by atoms with Gasteiger partial charge >= 0.3 is 0 Å². The summed E-state index contributed by atoms with van der Waals surface area (Å²) in [6.07, 6.45) is 6.65. The van der Waals surface area contributed by atoms with Crippen LogP contribution in [-0.2, 0) is 0 Å². The molecular weight excluding hydrogens is 400 g/mol. The fourth-order valence-corrected chi connectivity index (χ4v) is 3.50.